The molecule has 0 spiro atoms. The van der Waals surface area contributed by atoms with E-state index in [9.17, 15) is 0 Å². The fraction of sp³-hybridized carbons (Fsp3) is 0.333. The van der Waals surface area contributed by atoms with Crippen LogP contribution in [-0.4, -0.2) is 0 Å². The zero-order valence-electron chi connectivity index (χ0n) is 7.58. The van der Waals surface area contributed by atoms with E-state index in [1.54, 1.807) is 0 Å². The van der Waals surface area contributed by atoms with E-state index in [1.165, 1.54) is 11.1 Å². The summed E-state index contributed by atoms with van der Waals surface area (Å²) >= 11 is 3.48. The highest BCUT2D eigenvalue weighted by atomic mass is 79.9. The Morgan fingerprint density at radius 1 is 1.38 bits per heavy atom. The minimum absolute atomic E-state index is 0.422. The van der Waals surface area contributed by atoms with Gasteiger partial charge in [0.2, 0.25) is 0 Å². The fourth-order valence-corrected chi connectivity index (χ4v) is 1.47. The molecule has 68 valence electrons. The standard InChI is InChI=1S/C9H10BrN3/c1-6-3-8(5-12-13-11)4-7(2)9(6)10/h3-4H,5H2,1-2H3. The Morgan fingerprint density at radius 2 is 1.92 bits per heavy atom. The zero-order valence-corrected chi connectivity index (χ0v) is 9.17. The van der Waals surface area contributed by atoms with Crippen LogP contribution in [0.4, 0.5) is 0 Å². The molecule has 1 rings (SSSR count). The minimum Gasteiger partial charge on any atom is -0.0893 e. The molecule has 3 nitrogen and oxygen atoms in total. The van der Waals surface area contributed by atoms with Gasteiger partial charge >= 0.3 is 0 Å². The Balaban J connectivity index is 3.05. The lowest BCUT2D eigenvalue weighted by Gasteiger charge is -2.05. The van der Waals surface area contributed by atoms with Gasteiger partial charge in [0.15, 0.2) is 0 Å². The number of aryl methyl sites for hydroxylation is 2. The van der Waals surface area contributed by atoms with Gasteiger partial charge in [-0.3, -0.25) is 0 Å². The molecule has 0 unspecified atom stereocenters. The maximum absolute atomic E-state index is 8.17. The fourth-order valence-electron chi connectivity index (χ4n) is 1.24. The maximum Gasteiger partial charge on any atom is 0.0511 e. The van der Waals surface area contributed by atoms with Crippen molar-refractivity contribution in [2.45, 2.75) is 20.4 Å². The van der Waals surface area contributed by atoms with E-state index in [2.05, 4.69) is 26.0 Å². The van der Waals surface area contributed by atoms with Gasteiger partial charge in [0.25, 0.3) is 0 Å². The third-order valence-corrected chi connectivity index (χ3v) is 3.06. The van der Waals surface area contributed by atoms with Crippen LogP contribution < -0.4 is 0 Å². The summed E-state index contributed by atoms with van der Waals surface area (Å²) in [4.78, 5) is 2.73. The summed E-state index contributed by atoms with van der Waals surface area (Å²) in [6.45, 7) is 4.47. The summed E-state index contributed by atoms with van der Waals surface area (Å²) in [5.41, 5.74) is 11.6. The average Bonchev–Trinajstić information content (AvgIpc) is 2.10. The first-order valence-corrected chi connectivity index (χ1v) is 4.71. The number of halogens is 1. The van der Waals surface area contributed by atoms with Gasteiger partial charge in [-0.15, -0.1) is 0 Å². The molecule has 0 aliphatic rings. The topological polar surface area (TPSA) is 48.8 Å². The lowest BCUT2D eigenvalue weighted by molar-refractivity contribution is 1.04. The van der Waals surface area contributed by atoms with E-state index in [0.717, 1.165) is 10.0 Å². The molecule has 0 aromatic heterocycles. The van der Waals surface area contributed by atoms with Crippen molar-refractivity contribution in [3.63, 3.8) is 0 Å². The molecule has 0 bridgehead atoms. The van der Waals surface area contributed by atoms with Crippen molar-refractivity contribution >= 4 is 15.9 Å². The van der Waals surface area contributed by atoms with Crippen LogP contribution in [0.3, 0.4) is 0 Å². The van der Waals surface area contributed by atoms with Crippen LogP contribution in [0.5, 0.6) is 0 Å². The van der Waals surface area contributed by atoms with Crippen LogP contribution in [0.1, 0.15) is 16.7 Å². The molecule has 0 amide bonds. The minimum atomic E-state index is 0.422. The maximum atomic E-state index is 8.17. The van der Waals surface area contributed by atoms with Crippen LogP contribution in [0.2, 0.25) is 0 Å². The summed E-state index contributed by atoms with van der Waals surface area (Å²) in [6, 6.07) is 4.04. The van der Waals surface area contributed by atoms with E-state index in [4.69, 9.17) is 5.53 Å². The number of azide groups is 1. The van der Waals surface area contributed by atoms with Gasteiger partial charge < -0.3 is 0 Å². The second-order valence-electron chi connectivity index (χ2n) is 2.93. The Bertz CT molecular complexity index is 344. The third-order valence-electron chi connectivity index (χ3n) is 1.81. The highest BCUT2D eigenvalue weighted by Gasteiger charge is 2.00. The Kier molecular flexibility index (Phi) is 3.34. The van der Waals surface area contributed by atoms with Crippen LogP contribution in [0, 0.1) is 13.8 Å². The van der Waals surface area contributed by atoms with Crippen molar-refractivity contribution in [1.82, 2.24) is 0 Å². The molecule has 0 aliphatic heterocycles. The molecule has 0 heterocycles. The predicted molar refractivity (Wildman–Crippen MR) is 56.5 cm³/mol. The molecule has 0 saturated heterocycles. The van der Waals surface area contributed by atoms with E-state index in [1.807, 2.05) is 26.0 Å². The van der Waals surface area contributed by atoms with E-state index < -0.39 is 0 Å². The number of hydrogen-bond acceptors (Lipinski definition) is 1. The molecule has 0 radical (unpaired) electrons. The SMILES string of the molecule is Cc1cc(CN=[N+]=[N-])cc(C)c1Br. The summed E-state index contributed by atoms with van der Waals surface area (Å²) in [5, 5.41) is 3.52. The van der Waals surface area contributed by atoms with Gasteiger partial charge in [-0.25, -0.2) is 0 Å². The molecule has 1 aromatic rings. The van der Waals surface area contributed by atoms with Crippen molar-refractivity contribution < 1.29 is 0 Å². The quantitative estimate of drug-likeness (QED) is 0.428. The summed E-state index contributed by atoms with van der Waals surface area (Å²) in [5.74, 6) is 0. The van der Waals surface area contributed by atoms with Gasteiger partial charge in [-0.2, -0.15) is 0 Å². The van der Waals surface area contributed by atoms with Gasteiger partial charge in [-0.05, 0) is 36.1 Å². The molecule has 0 atom stereocenters. The Labute approximate surface area is 85.5 Å². The average molecular weight is 240 g/mol. The highest BCUT2D eigenvalue weighted by molar-refractivity contribution is 9.10. The molecule has 4 heteroatoms. The molecule has 0 N–H and O–H groups in total. The Morgan fingerprint density at radius 3 is 2.38 bits per heavy atom. The molecule has 0 saturated carbocycles. The van der Waals surface area contributed by atoms with E-state index in [-0.39, 0.29) is 0 Å². The van der Waals surface area contributed by atoms with Gasteiger partial charge in [0.05, 0.1) is 6.54 Å². The molecule has 0 fully saturated rings. The molecule has 13 heavy (non-hydrogen) atoms. The van der Waals surface area contributed by atoms with Crippen molar-refractivity contribution in [2.75, 3.05) is 0 Å². The Hall–Kier alpha value is -0.990. The third kappa shape index (κ3) is 2.47. The second-order valence-corrected chi connectivity index (χ2v) is 3.73. The first-order valence-electron chi connectivity index (χ1n) is 3.91. The van der Waals surface area contributed by atoms with Gasteiger partial charge in [0.1, 0.15) is 0 Å². The number of nitrogens with zero attached hydrogens (tertiary/aromatic N) is 3. The largest absolute Gasteiger partial charge is 0.0893 e. The molecular weight excluding hydrogens is 230 g/mol. The van der Waals surface area contributed by atoms with Crippen LogP contribution in [0.15, 0.2) is 21.7 Å². The number of benzene rings is 1. The first kappa shape index (κ1) is 10.1. The van der Waals surface area contributed by atoms with Gasteiger partial charge in [0, 0.05) is 9.38 Å². The van der Waals surface area contributed by atoms with Gasteiger partial charge in [-0.1, -0.05) is 33.2 Å². The van der Waals surface area contributed by atoms with E-state index in [0.29, 0.717) is 6.54 Å². The monoisotopic (exact) mass is 239 g/mol. The smallest absolute Gasteiger partial charge is 0.0511 e. The highest BCUT2D eigenvalue weighted by Crippen LogP contribution is 2.22. The normalized spacial score (nSPS) is 9.46. The zero-order chi connectivity index (χ0) is 9.84. The van der Waals surface area contributed by atoms with E-state index >= 15 is 0 Å². The molecular formula is C9H10BrN3. The predicted octanol–water partition coefficient (Wildman–Crippen LogP) is 3.88. The first-order chi connectivity index (χ1) is 6.15. The molecule has 1 aromatic carbocycles. The van der Waals surface area contributed by atoms with Crippen LogP contribution >= 0.6 is 15.9 Å². The second kappa shape index (κ2) is 4.30. The summed E-state index contributed by atoms with van der Waals surface area (Å²) < 4.78 is 1.12. The lowest BCUT2D eigenvalue weighted by atomic mass is 10.1. The number of rotatable bonds is 2. The lowest BCUT2D eigenvalue weighted by Crippen LogP contribution is -1.87. The van der Waals surface area contributed by atoms with Crippen LogP contribution in [0.25, 0.3) is 10.4 Å². The van der Waals surface area contributed by atoms with Crippen molar-refractivity contribution in [3.05, 3.63) is 43.7 Å². The molecule has 0 aliphatic carbocycles. The van der Waals surface area contributed by atoms with Crippen LogP contribution in [-0.2, 0) is 6.54 Å². The van der Waals surface area contributed by atoms with Crippen molar-refractivity contribution in [1.29, 1.82) is 0 Å². The van der Waals surface area contributed by atoms with Crippen molar-refractivity contribution in [2.24, 2.45) is 5.11 Å². The van der Waals surface area contributed by atoms with Crippen molar-refractivity contribution in [3.8, 4) is 0 Å². The summed E-state index contributed by atoms with van der Waals surface area (Å²) in [6.07, 6.45) is 0. The number of hydrogen-bond donors (Lipinski definition) is 0. The summed E-state index contributed by atoms with van der Waals surface area (Å²) in [7, 11) is 0.